The highest BCUT2D eigenvalue weighted by Gasteiger charge is 2.28. The number of aliphatic hydroxyl groups is 1. The summed E-state index contributed by atoms with van der Waals surface area (Å²) < 4.78 is 0. The summed E-state index contributed by atoms with van der Waals surface area (Å²) in [5, 5.41) is 9.86. The zero-order valence-electron chi connectivity index (χ0n) is 11.5. The molecule has 100 valence electrons. The molecule has 0 saturated carbocycles. The van der Waals surface area contributed by atoms with Crippen LogP contribution in [0.4, 0.5) is 5.82 Å². The van der Waals surface area contributed by atoms with E-state index in [1.807, 2.05) is 18.3 Å². The van der Waals surface area contributed by atoms with Crippen molar-refractivity contribution in [1.29, 1.82) is 0 Å². The van der Waals surface area contributed by atoms with Crippen LogP contribution in [0, 0.1) is 0 Å². The van der Waals surface area contributed by atoms with Crippen LogP contribution in [0.15, 0.2) is 18.3 Å². The van der Waals surface area contributed by atoms with Crippen molar-refractivity contribution < 1.29 is 5.11 Å². The van der Waals surface area contributed by atoms with Crippen molar-refractivity contribution >= 4 is 5.82 Å². The van der Waals surface area contributed by atoms with Crippen molar-refractivity contribution in [2.75, 3.05) is 32.1 Å². The van der Waals surface area contributed by atoms with Gasteiger partial charge in [-0.05, 0) is 39.9 Å². The molecule has 18 heavy (non-hydrogen) atoms. The topological polar surface area (TPSA) is 39.6 Å². The fraction of sp³-hybridized carbons (Fsp3) is 0.643. The van der Waals surface area contributed by atoms with Crippen LogP contribution in [0.5, 0.6) is 0 Å². The zero-order chi connectivity index (χ0) is 13.1. The Morgan fingerprint density at radius 3 is 3.00 bits per heavy atom. The van der Waals surface area contributed by atoms with Gasteiger partial charge in [0.05, 0.1) is 6.10 Å². The average Bonchev–Trinajstić information content (AvgIpc) is 2.76. The quantitative estimate of drug-likeness (QED) is 0.881. The fourth-order valence-corrected chi connectivity index (χ4v) is 2.70. The molecule has 2 rings (SSSR count). The number of hydrogen-bond donors (Lipinski definition) is 1. The van der Waals surface area contributed by atoms with E-state index in [4.69, 9.17) is 0 Å². The zero-order valence-corrected chi connectivity index (χ0v) is 11.5. The predicted octanol–water partition coefficient (Wildman–Crippen LogP) is 1.67. The van der Waals surface area contributed by atoms with Gasteiger partial charge in [-0.1, -0.05) is 6.07 Å². The number of aliphatic hydroxyl groups excluding tert-OH is 1. The number of pyridine rings is 1. The maximum absolute atomic E-state index is 9.86. The molecule has 1 aromatic heterocycles. The molecule has 4 nitrogen and oxygen atoms in total. The third-order valence-corrected chi connectivity index (χ3v) is 3.49. The maximum Gasteiger partial charge on any atom is 0.134 e. The summed E-state index contributed by atoms with van der Waals surface area (Å²) >= 11 is 0. The first kappa shape index (κ1) is 13.3. The lowest BCUT2D eigenvalue weighted by molar-refractivity contribution is 0.199. The summed E-state index contributed by atoms with van der Waals surface area (Å²) in [4.78, 5) is 9.05. The monoisotopic (exact) mass is 249 g/mol. The molecule has 0 spiro atoms. The summed E-state index contributed by atoms with van der Waals surface area (Å²) in [5.74, 6) is 0.955. The van der Waals surface area contributed by atoms with Gasteiger partial charge in [-0.3, -0.25) is 0 Å². The summed E-state index contributed by atoms with van der Waals surface area (Å²) in [5.41, 5.74) is 0.933. The van der Waals surface area contributed by atoms with Gasteiger partial charge in [0.1, 0.15) is 5.82 Å². The van der Waals surface area contributed by atoms with E-state index in [2.05, 4.69) is 28.9 Å². The van der Waals surface area contributed by atoms with E-state index in [9.17, 15) is 5.11 Å². The van der Waals surface area contributed by atoms with Crippen molar-refractivity contribution in [3.8, 4) is 0 Å². The molecular formula is C14H23N3O. The van der Waals surface area contributed by atoms with Crippen LogP contribution in [0.1, 0.15) is 31.4 Å². The average molecular weight is 249 g/mol. The van der Waals surface area contributed by atoms with Gasteiger partial charge in [-0.25, -0.2) is 4.98 Å². The molecule has 4 heteroatoms. The van der Waals surface area contributed by atoms with Gasteiger partial charge in [0.25, 0.3) is 0 Å². The van der Waals surface area contributed by atoms with Crippen LogP contribution in [-0.2, 0) is 0 Å². The molecule has 0 bridgehead atoms. The lowest BCUT2D eigenvalue weighted by atomic mass is 10.1. The molecule has 1 aromatic rings. The van der Waals surface area contributed by atoms with Crippen molar-refractivity contribution in [3.63, 3.8) is 0 Å². The van der Waals surface area contributed by atoms with E-state index in [1.165, 1.54) is 12.8 Å². The Kier molecular flexibility index (Phi) is 4.19. The van der Waals surface area contributed by atoms with Crippen molar-refractivity contribution in [1.82, 2.24) is 9.88 Å². The smallest absolute Gasteiger partial charge is 0.134 e. The Labute approximate surface area is 109 Å². The molecule has 0 amide bonds. The molecule has 2 heterocycles. The number of aromatic nitrogens is 1. The lowest BCUT2D eigenvalue weighted by Crippen LogP contribution is -2.38. The van der Waals surface area contributed by atoms with Crippen molar-refractivity contribution in [2.24, 2.45) is 0 Å². The minimum absolute atomic E-state index is 0.464. The van der Waals surface area contributed by atoms with Crippen molar-refractivity contribution in [3.05, 3.63) is 23.9 Å². The Morgan fingerprint density at radius 1 is 1.56 bits per heavy atom. The van der Waals surface area contributed by atoms with Gasteiger partial charge in [0, 0.05) is 30.9 Å². The van der Waals surface area contributed by atoms with Gasteiger partial charge < -0.3 is 14.9 Å². The molecule has 0 radical (unpaired) electrons. The summed E-state index contributed by atoms with van der Waals surface area (Å²) in [7, 11) is 4.20. The second-order valence-corrected chi connectivity index (χ2v) is 5.34. The number of hydrogen-bond acceptors (Lipinski definition) is 4. The van der Waals surface area contributed by atoms with E-state index in [0.29, 0.717) is 6.04 Å². The number of anilines is 1. The molecule has 1 N–H and O–H groups in total. The van der Waals surface area contributed by atoms with Crippen LogP contribution in [0.25, 0.3) is 0 Å². The largest absolute Gasteiger partial charge is 0.389 e. The highest BCUT2D eigenvalue weighted by atomic mass is 16.3. The predicted molar refractivity (Wildman–Crippen MR) is 73.8 cm³/mol. The van der Waals surface area contributed by atoms with Crippen LogP contribution in [-0.4, -0.2) is 48.2 Å². The molecule has 1 fully saturated rings. The molecule has 1 aliphatic rings. The third kappa shape index (κ3) is 2.82. The first-order chi connectivity index (χ1) is 8.59. The highest BCUT2D eigenvalue weighted by Crippen LogP contribution is 2.30. The van der Waals surface area contributed by atoms with E-state index >= 15 is 0 Å². The third-order valence-electron chi connectivity index (χ3n) is 3.49. The van der Waals surface area contributed by atoms with E-state index in [-0.39, 0.29) is 0 Å². The van der Waals surface area contributed by atoms with Crippen molar-refractivity contribution in [2.45, 2.75) is 31.9 Å². The van der Waals surface area contributed by atoms with Crippen LogP contribution < -0.4 is 4.90 Å². The number of rotatable bonds is 4. The number of likely N-dealkylation sites (N-methyl/N-ethyl adjacent to an activating group) is 1. The standard InChI is InChI=1S/C14H23N3O/c1-11(18)13-7-4-8-15-14(13)17-9-5-6-12(17)10-16(2)3/h4,7-8,11-12,18H,5-6,9-10H2,1-3H3/t11-,12?/m0/s1. The first-order valence-corrected chi connectivity index (χ1v) is 6.64. The minimum Gasteiger partial charge on any atom is -0.389 e. The Hall–Kier alpha value is -1.13. The molecule has 1 saturated heterocycles. The molecule has 1 aliphatic heterocycles. The summed E-state index contributed by atoms with van der Waals surface area (Å²) in [6, 6.07) is 4.37. The van der Waals surface area contributed by atoms with Gasteiger partial charge in [-0.2, -0.15) is 0 Å². The summed E-state index contributed by atoms with van der Waals surface area (Å²) in [6.45, 7) is 3.88. The maximum atomic E-state index is 9.86. The molecule has 1 unspecified atom stereocenters. The van der Waals surface area contributed by atoms with Gasteiger partial charge in [0.15, 0.2) is 0 Å². The minimum atomic E-state index is -0.464. The van der Waals surface area contributed by atoms with E-state index < -0.39 is 6.10 Å². The van der Waals surface area contributed by atoms with E-state index in [0.717, 1.165) is 24.5 Å². The second kappa shape index (κ2) is 5.67. The van der Waals surface area contributed by atoms with E-state index in [1.54, 1.807) is 6.92 Å². The van der Waals surface area contributed by atoms with Gasteiger partial charge in [-0.15, -0.1) is 0 Å². The lowest BCUT2D eigenvalue weighted by Gasteiger charge is -2.30. The summed E-state index contributed by atoms with van der Waals surface area (Å²) in [6.07, 6.45) is 3.75. The number of nitrogens with zero attached hydrogens (tertiary/aromatic N) is 3. The Balaban J connectivity index is 2.24. The SMILES string of the molecule is C[C@H](O)c1cccnc1N1CCCC1CN(C)C. The van der Waals surface area contributed by atoms with Crippen LogP contribution >= 0.6 is 0 Å². The van der Waals surface area contributed by atoms with Gasteiger partial charge in [0.2, 0.25) is 0 Å². The Morgan fingerprint density at radius 2 is 2.33 bits per heavy atom. The molecule has 0 aliphatic carbocycles. The van der Waals surface area contributed by atoms with Gasteiger partial charge >= 0.3 is 0 Å². The molecule has 0 aromatic carbocycles. The van der Waals surface area contributed by atoms with Crippen LogP contribution in [0.3, 0.4) is 0 Å². The second-order valence-electron chi connectivity index (χ2n) is 5.34. The molecule has 2 atom stereocenters. The fourth-order valence-electron chi connectivity index (χ4n) is 2.70. The Bertz CT molecular complexity index is 392. The highest BCUT2D eigenvalue weighted by molar-refractivity contribution is 5.49. The molecular weight excluding hydrogens is 226 g/mol. The van der Waals surface area contributed by atoms with Crippen LogP contribution in [0.2, 0.25) is 0 Å². The first-order valence-electron chi connectivity index (χ1n) is 6.64. The normalized spacial score (nSPS) is 21.6.